The van der Waals surface area contributed by atoms with Gasteiger partial charge in [-0.05, 0) is 19.8 Å². The van der Waals surface area contributed by atoms with Gasteiger partial charge in [0.1, 0.15) is 25.1 Å². The molecule has 2 aromatic heterocycles. The Morgan fingerprint density at radius 3 is 2.67 bits per heavy atom. The topological polar surface area (TPSA) is 65.7 Å². The van der Waals surface area contributed by atoms with Gasteiger partial charge in [0, 0.05) is 12.8 Å². The fraction of sp³-hybridized carbons (Fsp3) is 0.538. The van der Waals surface area contributed by atoms with Crippen molar-refractivity contribution in [3.05, 3.63) is 24.5 Å². The zero-order chi connectivity index (χ0) is 14.9. The minimum absolute atomic E-state index is 0.141. The summed E-state index contributed by atoms with van der Waals surface area (Å²) < 4.78 is 33.6. The summed E-state index contributed by atoms with van der Waals surface area (Å²) in [7, 11) is 0. The van der Waals surface area contributed by atoms with Crippen LogP contribution >= 0.6 is 0 Å². The van der Waals surface area contributed by atoms with Crippen molar-refractivity contribution in [1.82, 2.24) is 24.7 Å². The number of aromatic nitrogens is 5. The first-order valence-corrected chi connectivity index (χ1v) is 6.76. The van der Waals surface area contributed by atoms with Crippen LogP contribution in [0.3, 0.4) is 0 Å². The molecule has 0 saturated heterocycles. The van der Waals surface area contributed by atoms with Crippen molar-refractivity contribution in [2.75, 3.05) is 0 Å². The van der Waals surface area contributed by atoms with E-state index in [0.29, 0.717) is 30.1 Å². The van der Waals surface area contributed by atoms with Gasteiger partial charge in [-0.15, -0.1) is 0 Å². The highest BCUT2D eigenvalue weighted by molar-refractivity contribution is 5.37. The molecule has 1 saturated carbocycles. The number of hydrogen-bond acceptors (Lipinski definition) is 5. The molecule has 1 aliphatic carbocycles. The van der Waals surface area contributed by atoms with Crippen molar-refractivity contribution in [3.63, 3.8) is 0 Å². The maximum absolute atomic E-state index is 13.1. The molecular formula is C13H15F2N5O. The number of halogens is 2. The monoisotopic (exact) mass is 295 g/mol. The van der Waals surface area contributed by atoms with Gasteiger partial charge >= 0.3 is 0 Å². The summed E-state index contributed by atoms with van der Waals surface area (Å²) in [5.74, 6) is -1.59. The Balaban J connectivity index is 1.76. The lowest BCUT2D eigenvalue weighted by molar-refractivity contribution is -0.0589. The Hall–Kier alpha value is -2.12. The van der Waals surface area contributed by atoms with E-state index in [-0.39, 0.29) is 18.9 Å². The van der Waals surface area contributed by atoms with Gasteiger partial charge in [-0.25, -0.2) is 28.4 Å². The maximum Gasteiger partial charge on any atom is 0.248 e. The maximum atomic E-state index is 13.1. The Bertz CT molecular complexity index is 607. The van der Waals surface area contributed by atoms with E-state index in [1.807, 2.05) is 6.92 Å². The Labute approximate surface area is 120 Å². The van der Waals surface area contributed by atoms with Gasteiger partial charge in [0.15, 0.2) is 5.82 Å². The molecule has 0 amide bonds. The minimum atomic E-state index is -2.56. The summed E-state index contributed by atoms with van der Waals surface area (Å²) in [5, 5.41) is 4.01. The van der Waals surface area contributed by atoms with Crippen LogP contribution in [-0.2, 0) is 0 Å². The standard InChI is InChI=1S/C13H15F2N5O/c1-9-11(20-8-16-6-19-20)17-7-18-12(9)21-10-2-4-13(14,15)5-3-10/h6-8,10H,2-5H2,1H3. The summed E-state index contributed by atoms with van der Waals surface area (Å²) in [5.41, 5.74) is 0.709. The largest absolute Gasteiger partial charge is 0.474 e. The van der Waals surface area contributed by atoms with Crippen molar-refractivity contribution in [2.45, 2.75) is 44.6 Å². The van der Waals surface area contributed by atoms with E-state index in [0.717, 1.165) is 0 Å². The van der Waals surface area contributed by atoms with Gasteiger partial charge in [-0.1, -0.05) is 0 Å². The summed E-state index contributed by atoms with van der Waals surface area (Å²) in [6, 6.07) is 0. The van der Waals surface area contributed by atoms with Crippen molar-refractivity contribution in [2.24, 2.45) is 0 Å². The number of hydrogen-bond donors (Lipinski definition) is 0. The van der Waals surface area contributed by atoms with E-state index in [1.165, 1.54) is 23.7 Å². The molecule has 2 aromatic rings. The molecule has 6 nitrogen and oxygen atoms in total. The highest BCUT2D eigenvalue weighted by atomic mass is 19.3. The van der Waals surface area contributed by atoms with Crippen LogP contribution in [0.15, 0.2) is 19.0 Å². The molecule has 1 fully saturated rings. The first-order valence-electron chi connectivity index (χ1n) is 6.76. The highest BCUT2D eigenvalue weighted by Crippen LogP contribution is 2.35. The minimum Gasteiger partial charge on any atom is -0.474 e. The summed E-state index contributed by atoms with van der Waals surface area (Å²) >= 11 is 0. The van der Waals surface area contributed by atoms with Crippen LogP contribution in [0.25, 0.3) is 5.82 Å². The normalized spacial score (nSPS) is 18.6. The average Bonchev–Trinajstić information content (AvgIpc) is 2.97. The predicted molar refractivity (Wildman–Crippen MR) is 69.5 cm³/mol. The zero-order valence-electron chi connectivity index (χ0n) is 11.5. The molecular weight excluding hydrogens is 280 g/mol. The Morgan fingerprint density at radius 1 is 1.24 bits per heavy atom. The zero-order valence-corrected chi connectivity index (χ0v) is 11.5. The van der Waals surface area contributed by atoms with Crippen molar-refractivity contribution in [3.8, 4) is 11.7 Å². The first-order chi connectivity index (χ1) is 10.1. The fourth-order valence-electron chi connectivity index (χ4n) is 2.38. The second-order valence-corrected chi connectivity index (χ2v) is 5.14. The lowest BCUT2D eigenvalue weighted by atomic mass is 9.94. The van der Waals surface area contributed by atoms with E-state index in [4.69, 9.17) is 4.74 Å². The number of rotatable bonds is 3. The van der Waals surface area contributed by atoms with E-state index in [1.54, 1.807) is 0 Å². The molecule has 0 atom stereocenters. The third-order valence-electron chi connectivity index (χ3n) is 3.59. The molecule has 0 spiro atoms. The van der Waals surface area contributed by atoms with Crippen molar-refractivity contribution >= 4 is 0 Å². The predicted octanol–water partition coefficient (Wildman–Crippen LogP) is 2.32. The molecule has 8 heteroatoms. The lowest BCUT2D eigenvalue weighted by Gasteiger charge is -2.28. The quantitative estimate of drug-likeness (QED) is 0.869. The summed E-state index contributed by atoms with van der Waals surface area (Å²) in [6.45, 7) is 1.81. The number of alkyl halides is 2. The van der Waals surface area contributed by atoms with Crippen LogP contribution in [0.4, 0.5) is 8.78 Å². The molecule has 0 unspecified atom stereocenters. The second kappa shape index (κ2) is 5.34. The van der Waals surface area contributed by atoms with E-state index in [2.05, 4.69) is 20.1 Å². The molecule has 0 radical (unpaired) electrons. The third kappa shape index (κ3) is 2.98. The van der Waals surface area contributed by atoms with Crippen LogP contribution in [0.5, 0.6) is 5.88 Å². The van der Waals surface area contributed by atoms with E-state index in [9.17, 15) is 8.78 Å². The molecule has 0 N–H and O–H groups in total. The smallest absolute Gasteiger partial charge is 0.248 e. The molecule has 2 heterocycles. The second-order valence-electron chi connectivity index (χ2n) is 5.14. The van der Waals surface area contributed by atoms with Gasteiger partial charge in [-0.3, -0.25) is 0 Å². The number of ether oxygens (including phenoxy) is 1. The van der Waals surface area contributed by atoms with E-state index < -0.39 is 5.92 Å². The first kappa shape index (κ1) is 13.8. The van der Waals surface area contributed by atoms with Crippen LogP contribution in [0.1, 0.15) is 31.2 Å². The molecule has 112 valence electrons. The van der Waals surface area contributed by atoms with Gasteiger partial charge in [-0.2, -0.15) is 5.10 Å². The van der Waals surface area contributed by atoms with Crippen LogP contribution < -0.4 is 4.74 Å². The van der Waals surface area contributed by atoms with Crippen molar-refractivity contribution in [1.29, 1.82) is 0 Å². The molecule has 0 bridgehead atoms. The van der Waals surface area contributed by atoms with Gasteiger partial charge in [0.2, 0.25) is 11.8 Å². The lowest BCUT2D eigenvalue weighted by Crippen LogP contribution is -2.31. The average molecular weight is 295 g/mol. The Kier molecular flexibility index (Phi) is 3.52. The van der Waals surface area contributed by atoms with Crippen molar-refractivity contribution < 1.29 is 13.5 Å². The van der Waals surface area contributed by atoms with E-state index >= 15 is 0 Å². The molecule has 0 aromatic carbocycles. The molecule has 3 rings (SSSR count). The van der Waals surface area contributed by atoms with Crippen LogP contribution in [0, 0.1) is 6.92 Å². The van der Waals surface area contributed by atoms with Gasteiger partial charge in [0.25, 0.3) is 0 Å². The summed E-state index contributed by atoms with van der Waals surface area (Å²) in [6.07, 6.45) is 4.45. The highest BCUT2D eigenvalue weighted by Gasteiger charge is 2.36. The molecule has 21 heavy (non-hydrogen) atoms. The molecule has 0 aliphatic heterocycles. The Morgan fingerprint density at radius 2 is 2.00 bits per heavy atom. The fourth-order valence-corrected chi connectivity index (χ4v) is 2.38. The number of nitrogens with zero attached hydrogens (tertiary/aromatic N) is 5. The van der Waals surface area contributed by atoms with Gasteiger partial charge < -0.3 is 4.74 Å². The van der Waals surface area contributed by atoms with Crippen LogP contribution in [0.2, 0.25) is 0 Å². The third-order valence-corrected chi connectivity index (χ3v) is 3.59. The SMILES string of the molecule is Cc1c(OC2CCC(F)(F)CC2)ncnc1-n1cncn1. The molecule has 1 aliphatic rings. The summed E-state index contributed by atoms with van der Waals surface area (Å²) in [4.78, 5) is 12.1. The van der Waals surface area contributed by atoms with Crippen LogP contribution in [-0.4, -0.2) is 36.8 Å². The van der Waals surface area contributed by atoms with Gasteiger partial charge in [0.05, 0.1) is 5.56 Å².